The summed E-state index contributed by atoms with van der Waals surface area (Å²) in [5, 5.41) is 31.8. The van der Waals surface area contributed by atoms with E-state index in [1.807, 2.05) is 0 Å². The molecule has 0 aromatic carbocycles. The third kappa shape index (κ3) is 2.83. The lowest BCUT2D eigenvalue weighted by atomic mass is 10.1. The maximum atomic E-state index is 11.2. The van der Waals surface area contributed by atoms with Crippen LogP contribution in [0.25, 0.3) is 11.0 Å². The van der Waals surface area contributed by atoms with Crippen molar-refractivity contribution >= 4 is 38.7 Å². The number of fused-ring (bicyclic) bond motifs is 1. The molecule has 0 radical (unpaired) electrons. The lowest BCUT2D eigenvalue weighted by Crippen LogP contribution is -2.33. The molecule has 4 atom stereocenters. The van der Waals surface area contributed by atoms with Crippen molar-refractivity contribution in [1.29, 1.82) is 0 Å². The van der Waals surface area contributed by atoms with Crippen LogP contribution in [0.1, 0.15) is 13.2 Å². The van der Waals surface area contributed by atoms with E-state index in [2.05, 4.69) is 31.2 Å². The second-order valence-corrected chi connectivity index (χ2v) is 5.98. The minimum Gasteiger partial charge on any atom is -0.394 e. The van der Waals surface area contributed by atoms with Crippen LogP contribution in [0.3, 0.4) is 0 Å². The number of carbonyl (C=O) groups excluding carboxylic acids is 1. The van der Waals surface area contributed by atoms with Crippen LogP contribution in [-0.2, 0) is 9.53 Å². The van der Waals surface area contributed by atoms with E-state index < -0.39 is 31.1 Å². The number of anilines is 1. The first-order valence-electron chi connectivity index (χ1n) is 6.85. The Labute approximate surface area is 139 Å². The van der Waals surface area contributed by atoms with E-state index in [4.69, 9.17) is 4.74 Å². The third-order valence-corrected chi connectivity index (χ3v) is 4.17. The summed E-state index contributed by atoms with van der Waals surface area (Å²) in [6.45, 7) is 0.951. The molecule has 0 spiro atoms. The lowest BCUT2D eigenvalue weighted by molar-refractivity contribution is -0.114. The number of aliphatic hydroxyl groups is 3. The Morgan fingerprint density at radius 3 is 2.83 bits per heavy atom. The molecular formula is C13H15BrN4O5. The second-order valence-electron chi connectivity index (χ2n) is 5.23. The molecule has 4 N–H and O–H groups in total. The smallest absolute Gasteiger partial charge is 0.222 e. The number of aromatic nitrogens is 3. The first kappa shape index (κ1) is 16.3. The van der Waals surface area contributed by atoms with Crippen molar-refractivity contribution in [2.75, 3.05) is 11.9 Å². The number of rotatable bonds is 3. The highest BCUT2D eigenvalue weighted by Crippen LogP contribution is 2.33. The molecule has 1 saturated heterocycles. The number of nitrogens with one attached hydrogen (secondary N) is 1. The summed E-state index contributed by atoms with van der Waals surface area (Å²) in [5.74, 6) is 0.0353. The van der Waals surface area contributed by atoms with Gasteiger partial charge in [-0.2, -0.15) is 0 Å². The summed E-state index contributed by atoms with van der Waals surface area (Å²) < 4.78 is 7.44. The van der Waals surface area contributed by atoms with E-state index >= 15 is 0 Å². The maximum Gasteiger partial charge on any atom is 0.222 e. The van der Waals surface area contributed by atoms with Crippen LogP contribution in [0.15, 0.2) is 17.0 Å². The highest BCUT2D eigenvalue weighted by atomic mass is 79.9. The standard InChI is InChI=1S/C13H15BrN4O5/c1-5(20)16-8-2-6-9(12(14)17-8)15-4-18(6)13-11(22)10(21)7(3-19)23-13/h2,4,7,10-11,13,19,21-22H,3H2,1H3,(H,16,17,20)/t7-,10-,11-,13-/m1/s1. The van der Waals surface area contributed by atoms with Gasteiger partial charge in [0, 0.05) is 13.0 Å². The van der Waals surface area contributed by atoms with E-state index in [0.29, 0.717) is 21.5 Å². The molecule has 1 aliphatic rings. The van der Waals surface area contributed by atoms with Crippen LogP contribution in [0, 0.1) is 0 Å². The van der Waals surface area contributed by atoms with Crippen LogP contribution < -0.4 is 5.32 Å². The molecule has 0 bridgehead atoms. The van der Waals surface area contributed by atoms with Crippen molar-refractivity contribution in [2.45, 2.75) is 31.5 Å². The molecule has 1 aliphatic heterocycles. The number of imidazole rings is 1. The van der Waals surface area contributed by atoms with E-state index in [-0.39, 0.29) is 5.91 Å². The average molecular weight is 387 g/mol. The number of nitrogens with zero attached hydrogens (tertiary/aromatic N) is 3. The van der Waals surface area contributed by atoms with Crippen molar-refractivity contribution in [3.63, 3.8) is 0 Å². The van der Waals surface area contributed by atoms with Crippen molar-refractivity contribution in [3.8, 4) is 0 Å². The van der Waals surface area contributed by atoms with E-state index in [1.165, 1.54) is 17.8 Å². The number of hydrogen-bond donors (Lipinski definition) is 4. The van der Waals surface area contributed by atoms with Crippen LogP contribution in [-0.4, -0.2) is 60.7 Å². The number of pyridine rings is 1. The van der Waals surface area contributed by atoms with Crippen molar-refractivity contribution < 1.29 is 24.9 Å². The molecule has 23 heavy (non-hydrogen) atoms. The molecular weight excluding hydrogens is 372 g/mol. The predicted octanol–water partition coefficient (Wildman–Crippen LogP) is -0.236. The summed E-state index contributed by atoms with van der Waals surface area (Å²) in [6.07, 6.45) is -2.78. The topological polar surface area (TPSA) is 130 Å². The molecule has 1 fully saturated rings. The minimum absolute atomic E-state index is 0.275. The molecule has 124 valence electrons. The Bertz CT molecular complexity index is 751. The van der Waals surface area contributed by atoms with Gasteiger partial charge in [0.05, 0.1) is 18.5 Å². The molecule has 10 heteroatoms. The highest BCUT2D eigenvalue weighted by Gasteiger charge is 2.43. The molecule has 1 amide bonds. The number of amides is 1. The number of ether oxygens (including phenoxy) is 1. The molecule has 0 saturated carbocycles. The third-order valence-electron chi connectivity index (χ3n) is 3.61. The molecule has 3 heterocycles. The Morgan fingerprint density at radius 1 is 1.48 bits per heavy atom. The molecule has 0 aliphatic carbocycles. The average Bonchev–Trinajstić information content (AvgIpc) is 3.01. The fourth-order valence-electron chi connectivity index (χ4n) is 2.55. The first-order chi connectivity index (χ1) is 10.9. The quantitative estimate of drug-likeness (QED) is 0.535. The van der Waals surface area contributed by atoms with Gasteiger partial charge in [0.15, 0.2) is 6.23 Å². The van der Waals surface area contributed by atoms with Gasteiger partial charge in [0.2, 0.25) is 5.91 Å². The molecule has 2 aromatic rings. The lowest BCUT2D eigenvalue weighted by Gasteiger charge is -2.17. The fourth-order valence-corrected chi connectivity index (χ4v) is 3.05. The number of halogens is 1. The van der Waals surface area contributed by atoms with Gasteiger partial charge in [-0.15, -0.1) is 0 Å². The summed E-state index contributed by atoms with van der Waals surface area (Å²) in [5.41, 5.74) is 1.06. The Balaban J connectivity index is 2.05. The largest absolute Gasteiger partial charge is 0.394 e. The van der Waals surface area contributed by atoms with Gasteiger partial charge in [0.25, 0.3) is 0 Å². The molecule has 2 aromatic heterocycles. The van der Waals surface area contributed by atoms with Gasteiger partial charge < -0.3 is 29.9 Å². The first-order valence-corrected chi connectivity index (χ1v) is 7.64. The molecule has 9 nitrogen and oxygen atoms in total. The van der Waals surface area contributed by atoms with Gasteiger partial charge >= 0.3 is 0 Å². The minimum atomic E-state index is -1.22. The zero-order chi connectivity index (χ0) is 16.7. The normalized spacial score (nSPS) is 27.5. The van der Waals surface area contributed by atoms with Gasteiger partial charge in [-0.1, -0.05) is 0 Å². The van der Waals surface area contributed by atoms with Gasteiger partial charge in [-0.25, -0.2) is 9.97 Å². The Hall–Kier alpha value is -1.59. The second kappa shape index (κ2) is 6.13. The Morgan fingerprint density at radius 2 is 2.22 bits per heavy atom. The van der Waals surface area contributed by atoms with E-state index in [1.54, 1.807) is 6.07 Å². The van der Waals surface area contributed by atoms with Crippen LogP contribution in [0.5, 0.6) is 0 Å². The summed E-state index contributed by atoms with van der Waals surface area (Å²) in [4.78, 5) is 19.6. The zero-order valence-corrected chi connectivity index (χ0v) is 13.6. The maximum absolute atomic E-state index is 11.2. The predicted molar refractivity (Wildman–Crippen MR) is 82.5 cm³/mol. The summed E-state index contributed by atoms with van der Waals surface area (Å²) in [7, 11) is 0. The zero-order valence-electron chi connectivity index (χ0n) is 12.0. The summed E-state index contributed by atoms with van der Waals surface area (Å²) >= 11 is 3.28. The SMILES string of the molecule is CC(=O)Nc1cc2c(ncn2[C@@H]2O[C@H](CO)[C@@H](O)[C@H]2O)c(Br)n1. The monoisotopic (exact) mass is 386 g/mol. The van der Waals surface area contributed by atoms with Crippen molar-refractivity contribution in [2.24, 2.45) is 0 Å². The van der Waals surface area contributed by atoms with Gasteiger partial charge in [-0.3, -0.25) is 4.79 Å². The molecule has 3 rings (SSSR count). The number of hydrogen-bond acceptors (Lipinski definition) is 7. The fraction of sp³-hybridized carbons (Fsp3) is 0.462. The number of aliphatic hydroxyl groups excluding tert-OH is 3. The van der Waals surface area contributed by atoms with Crippen LogP contribution >= 0.6 is 15.9 Å². The Kier molecular flexibility index (Phi) is 4.34. The van der Waals surface area contributed by atoms with Gasteiger partial charge in [-0.05, 0) is 15.9 Å². The van der Waals surface area contributed by atoms with Gasteiger partial charge in [0.1, 0.15) is 34.2 Å². The van der Waals surface area contributed by atoms with Crippen molar-refractivity contribution in [3.05, 3.63) is 17.0 Å². The molecule has 0 unspecified atom stereocenters. The number of carbonyl (C=O) groups is 1. The summed E-state index contributed by atoms with van der Waals surface area (Å²) in [6, 6.07) is 1.59. The van der Waals surface area contributed by atoms with E-state index in [0.717, 1.165) is 0 Å². The van der Waals surface area contributed by atoms with Crippen molar-refractivity contribution in [1.82, 2.24) is 14.5 Å². The van der Waals surface area contributed by atoms with Crippen LogP contribution in [0.2, 0.25) is 0 Å². The van der Waals surface area contributed by atoms with E-state index in [9.17, 15) is 20.1 Å². The highest BCUT2D eigenvalue weighted by molar-refractivity contribution is 9.10. The van der Waals surface area contributed by atoms with Crippen LogP contribution in [0.4, 0.5) is 5.82 Å².